The van der Waals surface area contributed by atoms with Gasteiger partial charge in [0, 0.05) is 0 Å². The second-order valence-electron chi connectivity index (χ2n) is 3.26. The molecule has 5 heteroatoms. The number of hydrogen-bond acceptors (Lipinski definition) is 4. The Bertz CT molecular complexity index is 545. The van der Waals surface area contributed by atoms with E-state index in [0.717, 1.165) is 5.52 Å². The molecular weight excluding hydrogens is 206 g/mol. The number of ether oxygens (including phenoxy) is 1. The number of carbonyl (C=O) groups excluding carboxylic acids is 1. The molecule has 0 fully saturated rings. The second-order valence-corrected chi connectivity index (χ2v) is 3.26. The van der Waals surface area contributed by atoms with Crippen LogP contribution in [0.3, 0.4) is 0 Å². The number of allylic oxidation sites excluding steroid dienone is 1. The minimum absolute atomic E-state index is 0.375. The highest BCUT2D eigenvalue weighted by molar-refractivity contribution is 5.93. The van der Waals surface area contributed by atoms with Crippen molar-refractivity contribution in [1.82, 2.24) is 15.0 Å². The van der Waals surface area contributed by atoms with Crippen LogP contribution >= 0.6 is 0 Å². The minimum atomic E-state index is -0.375. The highest BCUT2D eigenvalue weighted by Crippen LogP contribution is 2.14. The number of carbonyl (C=O) groups is 1. The Morgan fingerprint density at radius 1 is 1.62 bits per heavy atom. The number of hydrogen-bond donors (Lipinski definition) is 0. The smallest absolute Gasteiger partial charge is 0.337 e. The Morgan fingerprint density at radius 2 is 2.44 bits per heavy atom. The topological polar surface area (TPSA) is 57.0 Å². The summed E-state index contributed by atoms with van der Waals surface area (Å²) in [6.45, 7) is 4.23. The van der Waals surface area contributed by atoms with Crippen LogP contribution in [0.1, 0.15) is 10.4 Å². The molecule has 0 spiro atoms. The lowest BCUT2D eigenvalue weighted by Crippen LogP contribution is -2.01. The molecule has 0 saturated heterocycles. The van der Waals surface area contributed by atoms with Crippen LogP contribution in [0.15, 0.2) is 30.9 Å². The maximum absolute atomic E-state index is 11.3. The first-order valence-electron chi connectivity index (χ1n) is 4.78. The molecule has 2 aromatic rings. The van der Waals surface area contributed by atoms with Crippen LogP contribution in [0.2, 0.25) is 0 Å². The maximum atomic E-state index is 11.3. The third-order valence-corrected chi connectivity index (χ3v) is 2.24. The molecule has 0 unspecified atom stereocenters. The van der Waals surface area contributed by atoms with Gasteiger partial charge < -0.3 is 4.74 Å². The van der Waals surface area contributed by atoms with E-state index in [4.69, 9.17) is 0 Å². The van der Waals surface area contributed by atoms with E-state index in [1.807, 2.05) is 0 Å². The Hall–Kier alpha value is -2.17. The van der Waals surface area contributed by atoms with Crippen LogP contribution in [0.25, 0.3) is 11.0 Å². The number of rotatable bonds is 3. The molecule has 0 aliphatic rings. The molecule has 82 valence electrons. The lowest BCUT2D eigenvalue weighted by molar-refractivity contribution is 0.0601. The zero-order chi connectivity index (χ0) is 11.5. The number of nitrogens with zero attached hydrogens (tertiary/aromatic N) is 3. The van der Waals surface area contributed by atoms with Crippen LogP contribution in [0.4, 0.5) is 0 Å². The molecule has 0 atom stereocenters. The van der Waals surface area contributed by atoms with E-state index < -0.39 is 0 Å². The van der Waals surface area contributed by atoms with Gasteiger partial charge in [0.05, 0.1) is 24.7 Å². The van der Waals surface area contributed by atoms with E-state index in [1.165, 1.54) is 7.11 Å². The van der Waals surface area contributed by atoms with Crippen molar-refractivity contribution in [2.45, 2.75) is 6.54 Å². The summed E-state index contributed by atoms with van der Waals surface area (Å²) in [6, 6.07) is 5.15. The normalized spacial score (nSPS) is 10.3. The lowest BCUT2D eigenvalue weighted by atomic mass is 10.2. The summed E-state index contributed by atoms with van der Waals surface area (Å²) in [4.78, 5) is 11.3. The summed E-state index contributed by atoms with van der Waals surface area (Å²) < 4.78 is 6.34. The van der Waals surface area contributed by atoms with Gasteiger partial charge in [-0.25, -0.2) is 9.48 Å². The first-order valence-corrected chi connectivity index (χ1v) is 4.78. The molecule has 0 radical (unpaired) electrons. The molecule has 16 heavy (non-hydrogen) atoms. The summed E-state index contributed by atoms with van der Waals surface area (Å²) in [7, 11) is 1.35. The van der Waals surface area contributed by atoms with Gasteiger partial charge in [-0.05, 0) is 18.2 Å². The number of aromatic nitrogens is 3. The molecule has 1 aromatic heterocycles. The summed E-state index contributed by atoms with van der Waals surface area (Å²) in [6.07, 6.45) is 1.74. The number of esters is 1. The van der Waals surface area contributed by atoms with Crippen molar-refractivity contribution in [2.24, 2.45) is 0 Å². The molecule has 5 nitrogen and oxygen atoms in total. The van der Waals surface area contributed by atoms with E-state index in [0.29, 0.717) is 17.6 Å². The molecule has 0 aliphatic heterocycles. The number of benzene rings is 1. The Kier molecular flexibility index (Phi) is 2.68. The SMILES string of the molecule is C=CCn1nnc2cc(C(=O)OC)ccc21. The zero-order valence-corrected chi connectivity index (χ0v) is 8.88. The molecule has 0 amide bonds. The van der Waals surface area contributed by atoms with Crippen LogP contribution in [0, 0.1) is 0 Å². The van der Waals surface area contributed by atoms with Gasteiger partial charge in [-0.1, -0.05) is 11.3 Å². The molecule has 0 bridgehead atoms. The lowest BCUT2D eigenvalue weighted by Gasteiger charge is -1.99. The van der Waals surface area contributed by atoms with Crippen molar-refractivity contribution in [3.63, 3.8) is 0 Å². The van der Waals surface area contributed by atoms with Gasteiger partial charge in [0.1, 0.15) is 5.52 Å². The van der Waals surface area contributed by atoms with Gasteiger partial charge >= 0.3 is 5.97 Å². The fourth-order valence-electron chi connectivity index (χ4n) is 1.47. The van der Waals surface area contributed by atoms with Gasteiger partial charge in [0.2, 0.25) is 0 Å². The third-order valence-electron chi connectivity index (χ3n) is 2.24. The van der Waals surface area contributed by atoms with Crippen LogP contribution in [-0.2, 0) is 11.3 Å². The Balaban J connectivity index is 2.48. The molecule has 0 aliphatic carbocycles. The van der Waals surface area contributed by atoms with E-state index in [1.54, 1.807) is 29.0 Å². The maximum Gasteiger partial charge on any atom is 0.337 e. The fraction of sp³-hybridized carbons (Fsp3) is 0.182. The van der Waals surface area contributed by atoms with Crippen molar-refractivity contribution in [1.29, 1.82) is 0 Å². The predicted molar refractivity (Wildman–Crippen MR) is 59.1 cm³/mol. The van der Waals surface area contributed by atoms with Crippen molar-refractivity contribution in [3.05, 3.63) is 36.4 Å². The largest absolute Gasteiger partial charge is 0.465 e. The minimum Gasteiger partial charge on any atom is -0.465 e. The zero-order valence-electron chi connectivity index (χ0n) is 8.88. The van der Waals surface area contributed by atoms with E-state index in [9.17, 15) is 4.79 Å². The standard InChI is InChI=1S/C11H11N3O2/c1-3-6-14-10-5-4-8(11(15)16-2)7-9(10)12-13-14/h3-5,7H,1,6H2,2H3. The number of methoxy groups -OCH3 is 1. The summed E-state index contributed by atoms with van der Waals surface area (Å²) in [5.74, 6) is -0.375. The average molecular weight is 217 g/mol. The Morgan fingerprint density at radius 3 is 3.12 bits per heavy atom. The van der Waals surface area contributed by atoms with E-state index in [2.05, 4.69) is 21.6 Å². The Labute approximate surface area is 92.3 Å². The van der Waals surface area contributed by atoms with Crippen molar-refractivity contribution < 1.29 is 9.53 Å². The first-order chi connectivity index (χ1) is 7.76. The van der Waals surface area contributed by atoms with Gasteiger partial charge in [-0.2, -0.15) is 0 Å². The van der Waals surface area contributed by atoms with Gasteiger partial charge in [0.15, 0.2) is 0 Å². The predicted octanol–water partition coefficient (Wildman–Crippen LogP) is 1.40. The average Bonchev–Trinajstić information content (AvgIpc) is 2.71. The van der Waals surface area contributed by atoms with Crippen molar-refractivity contribution >= 4 is 17.0 Å². The summed E-state index contributed by atoms with van der Waals surface area (Å²) in [5.41, 5.74) is 2.01. The first kappa shape index (κ1) is 10.4. The summed E-state index contributed by atoms with van der Waals surface area (Å²) in [5, 5.41) is 7.93. The molecule has 1 heterocycles. The third kappa shape index (κ3) is 1.67. The van der Waals surface area contributed by atoms with Gasteiger partial charge in [-0.3, -0.25) is 0 Å². The van der Waals surface area contributed by atoms with Crippen LogP contribution < -0.4 is 0 Å². The van der Waals surface area contributed by atoms with Crippen LogP contribution in [-0.4, -0.2) is 28.1 Å². The van der Waals surface area contributed by atoms with Crippen molar-refractivity contribution in [2.75, 3.05) is 7.11 Å². The second kappa shape index (κ2) is 4.14. The van der Waals surface area contributed by atoms with Gasteiger partial charge in [0.25, 0.3) is 0 Å². The highest BCUT2D eigenvalue weighted by atomic mass is 16.5. The number of fused-ring (bicyclic) bond motifs is 1. The molecular formula is C11H11N3O2. The quantitative estimate of drug-likeness (QED) is 0.576. The molecule has 1 aromatic carbocycles. The fourth-order valence-corrected chi connectivity index (χ4v) is 1.47. The molecule has 0 N–H and O–H groups in total. The monoisotopic (exact) mass is 217 g/mol. The van der Waals surface area contributed by atoms with Gasteiger partial charge in [-0.15, -0.1) is 11.7 Å². The van der Waals surface area contributed by atoms with E-state index >= 15 is 0 Å². The summed E-state index contributed by atoms with van der Waals surface area (Å²) >= 11 is 0. The molecule has 0 saturated carbocycles. The van der Waals surface area contributed by atoms with Crippen LogP contribution in [0.5, 0.6) is 0 Å². The highest BCUT2D eigenvalue weighted by Gasteiger charge is 2.09. The molecule has 2 rings (SSSR count). The van der Waals surface area contributed by atoms with Crippen molar-refractivity contribution in [3.8, 4) is 0 Å². The van der Waals surface area contributed by atoms with E-state index in [-0.39, 0.29) is 5.97 Å².